The van der Waals surface area contributed by atoms with Gasteiger partial charge in [0.1, 0.15) is 12.4 Å². The zero-order valence-electron chi connectivity index (χ0n) is 16.0. The highest BCUT2D eigenvalue weighted by molar-refractivity contribution is 7.89. The van der Waals surface area contributed by atoms with Crippen molar-refractivity contribution in [1.29, 1.82) is 0 Å². The predicted molar refractivity (Wildman–Crippen MR) is 113 cm³/mol. The largest absolute Gasteiger partial charge is 0.487 e. The highest BCUT2D eigenvalue weighted by atomic mass is 32.2. The van der Waals surface area contributed by atoms with Crippen LogP contribution in [0.15, 0.2) is 52.7 Å². The van der Waals surface area contributed by atoms with Crippen LogP contribution in [-0.4, -0.2) is 19.3 Å². The molecule has 1 heterocycles. The Kier molecular flexibility index (Phi) is 6.31. The van der Waals surface area contributed by atoms with Gasteiger partial charge < -0.3 is 10.1 Å². The highest BCUT2D eigenvalue weighted by Gasteiger charge is 2.15. The number of benzene rings is 2. The van der Waals surface area contributed by atoms with E-state index in [2.05, 4.69) is 10.3 Å². The van der Waals surface area contributed by atoms with Gasteiger partial charge in [-0.05, 0) is 49.2 Å². The molecule has 0 aliphatic heterocycles. The summed E-state index contributed by atoms with van der Waals surface area (Å²) in [6.45, 7) is 4.07. The molecular formula is C20H21N3O4S2. The number of thiazole rings is 1. The van der Waals surface area contributed by atoms with Crippen molar-refractivity contribution in [2.45, 2.75) is 31.8 Å². The lowest BCUT2D eigenvalue weighted by atomic mass is 10.1. The Balaban J connectivity index is 1.74. The van der Waals surface area contributed by atoms with E-state index >= 15 is 0 Å². The smallest absolute Gasteiger partial charge is 0.255 e. The van der Waals surface area contributed by atoms with Crippen LogP contribution >= 0.6 is 11.3 Å². The number of ether oxygens (including phenoxy) is 1. The van der Waals surface area contributed by atoms with E-state index in [1.807, 2.05) is 19.2 Å². The maximum Gasteiger partial charge on any atom is 0.255 e. The first-order valence-electron chi connectivity index (χ1n) is 8.87. The number of nitrogens with one attached hydrogen (secondary N) is 1. The Morgan fingerprint density at radius 3 is 2.69 bits per heavy atom. The van der Waals surface area contributed by atoms with Crippen LogP contribution in [0.25, 0.3) is 0 Å². The molecule has 0 unspecified atom stereocenters. The van der Waals surface area contributed by atoms with E-state index in [1.54, 1.807) is 47.7 Å². The molecule has 0 aliphatic rings. The van der Waals surface area contributed by atoms with E-state index in [9.17, 15) is 13.2 Å². The van der Waals surface area contributed by atoms with Gasteiger partial charge in [0, 0.05) is 16.6 Å². The van der Waals surface area contributed by atoms with Gasteiger partial charge in [0.05, 0.1) is 15.6 Å². The van der Waals surface area contributed by atoms with Crippen LogP contribution in [0.5, 0.6) is 5.75 Å². The number of hydrogen-bond donors (Lipinski definition) is 2. The summed E-state index contributed by atoms with van der Waals surface area (Å²) in [6.07, 6.45) is 0.512. The van der Waals surface area contributed by atoms with E-state index < -0.39 is 10.0 Å². The number of carbonyl (C=O) groups excluding carboxylic acids is 1. The van der Waals surface area contributed by atoms with Crippen molar-refractivity contribution >= 4 is 33.0 Å². The summed E-state index contributed by atoms with van der Waals surface area (Å²) in [5.41, 5.74) is 2.15. The molecule has 3 aromatic rings. The number of hydrogen-bond acceptors (Lipinski definition) is 6. The second-order valence-corrected chi connectivity index (χ2v) is 8.94. The molecule has 0 atom stereocenters. The van der Waals surface area contributed by atoms with Crippen molar-refractivity contribution in [2.24, 2.45) is 5.14 Å². The van der Waals surface area contributed by atoms with Gasteiger partial charge in [0.15, 0.2) is 0 Å². The lowest BCUT2D eigenvalue weighted by Gasteiger charge is -2.11. The van der Waals surface area contributed by atoms with Gasteiger partial charge in [-0.1, -0.05) is 19.1 Å². The fourth-order valence-electron chi connectivity index (χ4n) is 2.75. The first kappa shape index (κ1) is 21.0. The second-order valence-electron chi connectivity index (χ2n) is 6.35. The summed E-state index contributed by atoms with van der Waals surface area (Å²) in [4.78, 5) is 16.9. The normalized spacial score (nSPS) is 11.3. The van der Waals surface area contributed by atoms with E-state index in [1.165, 1.54) is 6.07 Å². The summed E-state index contributed by atoms with van der Waals surface area (Å²) >= 11 is 1.55. The molecule has 0 saturated carbocycles. The number of primary sulfonamides is 1. The summed E-state index contributed by atoms with van der Waals surface area (Å²) in [5.74, 6) is 0.152. The van der Waals surface area contributed by atoms with Gasteiger partial charge in [0.25, 0.3) is 5.91 Å². The Bertz CT molecular complexity index is 1140. The van der Waals surface area contributed by atoms with Gasteiger partial charge in [-0.2, -0.15) is 0 Å². The minimum Gasteiger partial charge on any atom is -0.487 e. The van der Waals surface area contributed by atoms with Gasteiger partial charge >= 0.3 is 0 Å². The topological polar surface area (TPSA) is 111 Å². The quantitative estimate of drug-likeness (QED) is 0.595. The Hall–Kier alpha value is -2.75. The molecule has 2 aromatic carbocycles. The number of rotatable bonds is 7. The van der Waals surface area contributed by atoms with Crippen LogP contribution in [0.2, 0.25) is 0 Å². The molecule has 0 bridgehead atoms. The lowest BCUT2D eigenvalue weighted by Crippen LogP contribution is -2.16. The van der Waals surface area contributed by atoms with Crippen LogP contribution < -0.4 is 15.2 Å². The van der Waals surface area contributed by atoms with Crippen LogP contribution in [0.3, 0.4) is 0 Å². The molecule has 7 nitrogen and oxygen atoms in total. The molecule has 29 heavy (non-hydrogen) atoms. The third-order valence-electron chi connectivity index (χ3n) is 4.16. The molecule has 0 spiro atoms. The number of amides is 1. The average molecular weight is 432 g/mol. The number of sulfonamides is 1. The average Bonchev–Trinajstić information content (AvgIpc) is 3.11. The van der Waals surface area contributed by atoms with Crippen molar-refractivity contribution < 1.29 is 17.9 Å². The van der Waals surface area contributed by atoms with E-state index in [-0.39, 0.29) is 10.8 Å². The number of aromatic nitrogens is 1. The van der Waals surface area contributed by atoms with Crippen molar-refractivity contribution in [1.82, 2.24) is 4.98 Å². The number of carbonyl (C=O) groups is 1. The summed E-state index contributed by atoms with van der Waals surface area (Å²) < 4.78 is 29.3. The molecule has 0 radical (unpaired) electrons. The SMILES string of the molecule is CCc1ccc(NC(=O)c2cccc(OCc3csc(C)n3)c2)cc1S(N)(=O)=O. The number of nitrogens with two attached hydrogens (primary N) is 1. The third kappa shape index (κ3) is 5.41. The zero-order chi connectivity index (χ0) is 21.0. The Labute approximate surface area is 173 Å². The molecule has 0 aliphatic carbocycles. The first-order valence-corrected chi connectivity index (χ1v) is 11.3. The monoisotopic (exact) mass is 431 g/mol. The number of anilines is 1. The zero-order valence-corrected chi connectivity index (χ0v) is 17.6. The first-order chi connectivity index (χ1) is 13.8. The second kappa shape index (κ2) is 8.73. The summed E-state index contributed by atoms with van der Waals surface area (Å²) in [6, 6.07) is 11.4. The van der Waals surface area contributed by atoms with Crippen molar-refractivity contribution in [2.75, 3.05) is 5.32 Å². The maximum absolute atomic E-state index is 12.6. The van der Waals surface area contributed by atoms with Crippen LogP contribution in [0, 0.1) is 6.92 Å². The predicted octanol–water partition coefficient (Wildman–Crippen LogP) is 3.49. The molecule has 152 valence electrons. The van der Waals surface area contributed by atoms with E-state index in [0.717, 1.165) is 10.7 Å². The summed E-state index contributed by atoms with van der Waals surface area (Å²) in [7, 11) is -3.88. The minimum absolute atomic E-state index is 0.00782. The van der Waals surface area contributed by atoms with Gasteiger partial charge in [-0.3, -0.25) is 4.79 Å². The van der Waals surface area contributed by atoms with E-state index in [0.29, 0.717) is 35.6 Å². The molecule has 3 N–H and O–H groups in total. The number of aryl methyl sites for hydroxylation is 2. The Morgan fingerprint density at radius 1 is 1.24 bits per heavy atom. The molecule has 1 aromatic heterocycles. The highest BCUT2D eigenvalue weighted by Crippen LogP contribution is 2.22. The standard InChI is InChI=1S/C20H21N3O4S2/c1-3-14-7-8-16(10-19(14)29(21,25)26)23-20(24)15-5-4-6-18(9-15)27-11-17-12-28-13(2)22-17/h4-10,12H,3,11H2,1-2H3,(H,23,24)(H2,21,25,26). The maximum atomic E-state index is 12.6. The minimum atomic E-state index is -3.88. The Morgan fingerprint density at radius 2 is 2.03 bits per heavy atom. The number of nitrogens with zero attached hydrogens (tertiary/aromatic N) is 1. The fourth-order valence-corrected chi connectivity index (χ4v) is 4.22. The van der Waals surface area contributed by atoms with Crippen molar-refractivity contribution in [3.05, 3.63) is 69.7 Å². The van der Waals surface area contributed by atoms with Crippen LogP contribution in [-0.2, 0) is 23.1 Å². The molecule has 0 saturated heterocycles. The lowest BCUT2D eigenvalue weighted by molar-refractivity contribution is 0.102. The van der Waals surface area contributed by atoms with Crippen molar-refractivity contribution in [3.63, 3.8) is 0 Å². The molecular weight excluding hydrogens is 410 g/mol. The van der Waals surface area contributed by atoms with Crippen molar-refractivity contribution in [3.8, 4) is 5.75 Å². The van der Waals surface area contributed by atoms with Gasteiger partial charge in [-0.25, -0.2) is 18.5 Å². The van der Waals surface area contributed by atoms with Crippen LogP contribution in [0.4, 0.5) is 5.69 Å². The van der Waals surface area contributed by atoms with Gasteiger partial charge in [0.2, 0.25) is 10.0 Å². The van der Waals surface area contributed by atoms with Gasteiger partial charge in [-0.15, -0.1) is 11.3 Å². The third-order valence-corrected chi connectivity index (χ3v) is 5.98. The van der Waals surface area contributed by atoms with Crippen LogP contribution in [0.1, 0.15) is 33.5 Å². The summed E-state index contributed by atoms with van der Waals surface area (Å²) in [5, 5.41) is 10.9. The molecule has 1 amide bonds. The molecule has 3 rings (SSSR count). The molecule has 0 fully saturated rings. The fraction of sp³-hybridized carbons (Fsp3) is 0.200. The van der Waals surface area contributed by atoms with E-state index in [4.69, 9.17) is 9.88 Å². The molecule has 9 heteroatoms.